The van der Waals surface area contributed by atoms with Gasteiger partial charge in [0, 0.05) is 35.5 Å². The SMILES string of the molecule is Cc1sc2c(c1C)C(c1ccc(C#N)cc1)=N[C@@H](CC(=O)CCCO)c1nnc(C)n1-2. The number of fused-ring (bicyclic) bond motifs is 3. The molecule has 4 rings (SSSR count). The Morgan fingerprint density at radius 2 is 1.97 bits per heavy atom. The maximum absolute atomic E-state index is 12.6. The number of rotatable bonds is 6. The van der Waals surface area contributed by atoms with Gasteiger partial charge in [-0.05, 0) is 44.9 Å². The van der Waals surface area contributed by atoms with Crippen molar-refractivity contribution < 1.29 is 9.90 Å². The van der Waals surface area contributed by atoms with Crippen LogP contribution in [0.4, 0.5) is 0 Å². The van der Waals surface area contributed by atoms with E-state index in [9.17, 15) is 4.79 Å². The van der Waals surface area contributed by atoms with E-state index in [0.29, 0.717) is 24.2 Å². The molecule has 3 heterocycles. The summed E-state index contributed by atoms with van der Waals surface area (Å²) in [6, 6.07) is 9.04. The highest BCUT2D eigenvalue weighted by molar-refractivity contribution is 7.15. The third-order valence-electron chi connectivity index (χ3n) is 5.56. The number of nitriles is 1. The van der Waals surface area contributed by atoms with Crippen molar-refractivity contribution in [2.45, 2.75) is 46.1 Å². The maximum Gasteiger partial charge on any atom is 0.163 e. The van der Waals surface area contributed by atoms with Crippen LogP contribution in [-0.4, -0.2) is 38.0 Å². The Morgan fingerprint density at radius 1 is 1.23 bits per heavy atom. The van der Waals surface area contributed by atoms with E-state index in [1.807, 2.05) is 23.6 Å². The lowest BCUT2D eigenvalue weighted by Crippen LogP contribution is -2.11. The summed E-state index contributed by atoms with van der Waals surface area (Å²) in [7, 11) is 0. The lowest BCUT2D eigenvalue weighted by atomic mass is 9.98. The molecule has 7 nitrogen and oxygen atoms in total. The summed E-state index contributed by atoms with van der Waals surface area (Å²) in [6.45, 7) is 6.05. The molecule has 8 heteroatoms. The summed E-state index contributed by atoms with van der Waals surface area (Å²) in [4.78, 5) is 18.8. The van der Waals surface area contributed by atoms with Crippen molar-refractivity contribution in [3.8, 4) is 11.1 Å². The summed E-state index contributed by atoms with van der Waals surface area (Å²) in [5.41, 5.74) is 4.42. The van der Waals surface area contributed by atoms with E-state index in [4.69, 9.17) is 15.4 Å². The summed E-state index contributed by atoms with van der Waals surface area (Å²) in [5.74, 6) is 1.44. The molecule has 1 atom stereocenters. The number of aliphatic hydroxyl groups is 1. The minimum absolute atomic E-state index is 0.0127. The third-order valence-corrected chi connectivity index (χ3v) is 6.75. The molecule has 0 saturated heterocycles. The predicted octanol–water partition coefficient (Wildman–Crippen LogP) is 3.75. The Balaban J connectivity index is 1.91. The van der Waals surface area contributed by atoms with Crippen molar-refractivity contribution in [3.05, 3.63) is 63.0 Å². The van der Waals surface area contributed by atoms with Crippen molar-refractivity contribution in [2.24, 2.45) is 4.99 Å². The maximum atomic E-state index is 12.6. The molecular weight excluding hydrogens is 410 g/mol. The molecule has 3 aromatic rings. The van der Waals surface area contributed by atoms with Crippen LogP contribution >= 0.6 is 11.3 Å². The second-order valence-corrected chi connectivity index (χ2v) is 8.86. The molecule has 0 bridgehead atoms. The van der Waals surface area contributed by atoms with Crippen LogP contribution in [0.1, 0.15) is 64.1 Å². The number of aryl methyl sites for hydroxylation is 2. The van der Waals surface area contributed by atoms with Crippen LogP contribution in [0.3, 0.4) is 0 Å². The van der Waals surface area contributed by atoms with Crippen molar-refractivity contribution in [2.75, 3.05) is 6.61 Å². The Bertz CT molecular complexity index is 1210. The van der Waals surface area contributed by atoms with E-state index < -0.39 is 6.04 Å². The molecule has 0 aliphatic carbocycles. The molecule has 0 spiro atoms. The highest BCUT2D eigenvalue weighted by Gasteiger charge is 2.32. The molecular formula is C23H23N5O2S. The van der Waals surface area contributed by atoms with Gasteiger partial charge >= 0.3 is 0 Å². The Kier molecular flexibility index (Phi) is 5.81. The van der Waals surface area contributed by atoms with E-state index in [1.54, 1.807) is 23.5 Å². The van der Waals surface area contributed by atoms with Gasteiger partial charge in [0.1, 0.15) is 22.7 Å². The second kappa shape index (κ2) is 8.53. The van der Waals surface area contributed by atoms with Crippen LogP contribution in [0.25, 0.3) is 5.00 Å². The number of hydrogen-bond donors (Lipinski definition) is 1. The van der Waals surface area contributed by atoms with Crippen molar-refractivity contribution in [1.29, 1.82) is 5.26 Å². The molecule has 31 heavy (non-hydrogen) atoms. The smallest absolute Gasteiger partial charge is 0.163 e. The fourth-order valence-corrected chi connectivity index (χ4v) is 5.04. The topological polar surface area (TPSA) is 104 Å². The summed E-state index contributed by atoms with van der Waals surface area (Å²) >= 11 is 1.66. The minimum atomic E-state index is -0.475. The molecule has 0 radical (unpaired) electrons. The van der Waals surface area contributed by atoms with Crippen LogP contribution in [-0.2, 0) is 4.79 Å². The third kappa shape index (κ3) is 3.82. The number of hydrogen-bond acceptors (Lipinski definition) is 7. The predicted molar refractivity (Wildman–Crippen MR) is 119 cm³/mol. The van der Waals surface area contributed by atoms with E-state index in [-0.39, 0.29) is 18.8 Å². The van der Waals surface area contributed by atoms with Crippen molar-refractivity contribution in [1.82, 2.24) is 14.8 Å². The Hall–Kier alpha value is -3.15. The van der Waals surface area contributed by atoms with E-state index in [0.717, 1.165) is 33.2 Å². The van der Waals surface area contributed by atoms with Gasteiger partial charge in [0.05, 0.1) is 17.3 Å². The first-order chi connectivity index (χ1) is 14.9. The molecule has 1 aliphatic heterocycles. The van der Waals surface area contributed by atoms with Gasteiger partial charge in [0.2, 0.25) is 0 Å². The quantitative estimate of drug-likeness (QED) is 0.637. The molecule has 0 saturated carbocycles. The standard InChI is InChI=1S/C23H23N5O2S/c1-13-14(2)31-23-20(13)21(17-8-6-16(12-24)7-9-17)25-19(11-18(30)5-4-10-29)22-27-26-15(3)28(22)23/h6-9,19,29H,4-5,10-11H2,1-3H3/t19-/m0/s1. The lowest BCUT2D eigenvalue weighted by Gasteiger charge is -2.12. The average Bonchev–Trinajstić information content (AvgIpc) is 3.24. The van der Waals surface area contributed by atoms with Crippen LogP contribution in [0, 0.1) is 32.1 Å². The number of thiophene rings is 1. The number of Topliss-reactive ketones (excluding diaryl/α,β-unsaturated/α-hetero) is 1. The van der Waals surface area contributed by atoms with Gasteiger partial charge in [-0.3, -0.25) is 14.4 Å². The van der Waals surface area contributed by atoms with E-state index >= 15 is 0 Å². The molecule has 0 unspecified atom stereocenters. The zero-order valence-corrected chi connectivity index (χ0v) is 18.5. The first kappa shape index (κ1) is 21.1. The molecule has 1 N–H and O–H groups in total. The van der Waals surface area contributed by atoms with Gasteiger partial charge in [0.15, 0.2) is 5.82 Å². The van der Waals surface area contributed by atoms with Gasteiger partial charge in [-0.25, -0.2) is 0 Å². The zero-order valence-electron chi connectivity index (χ0n) is 17.7. The Labute approximate surface area is 184 Å². The van der Waals surface area contributed by atoms with Crippen LogP contribution in [0.5, 0.6) is 0 Å². The van der Waals surface area contributed by atoms with Gasteiger partial charge in [-0.1, -0.05) is 12.1 Å². The highest BCUT2D eigenvalue weighted by Crippen LogP contribution is 2.39. The fraction of sp³-hybridized carbons (Fsp3) is 0.348. The summed E-state index contributed by atoms with van der Waals surface area (Å²) in [6.07, 6.45) is 0.946. The number of aromatic nitrogens is 3. The number of carbonyl (C=O) groups excluding carboxylic acids is 1. The normalized spacial score (nSPS) is 14.9. The minimum Gasteiger partial charge on any atom is -0.396 e. The summed E-state index contributed by atoms with van der Waals surface area (Å²) in [5, 5.41) is 27.9. The van der Waals surface area contributed by atoms with Crippen molar-refractivity contribution >= 4 is 22.8 Å². The largest absolute Gasteiger partial charge is 0.396 e. The fourth-order valence-electron chi connectivity index (χ4n) is 3.82. The van der Waals surface area contributed by atoms with Crippen LogP contribution < -0.4 is 0 Å². The van der Waals surface area contributed by atoms with Gasteiger partial charge in [-0.15, -0.1) is 21.5 Å². The summed E-state index contributed by atoms with van der Waals surface area (Å²) < 4.78 is 2.02. The van der Waals surface area contributed by atoms with Gasteiger partial charge < -0.3 is 5.11 Å². The number of aliphatic imine (C=N–C) groups is 1. The van der Waals surface area contributed by atoms with E-state index in [1.165, 1.54) is 4.88 Å². The molecule has 0 amide bonds. The molecule has 1 aliphatic rings. The first-order valence-corrected chi connectivity index (χ1v) is 11.0. The molecule has 158 valence electrons. The zero-order chi connectivity index (χ0) is 22.1. The average molecular weight is 434 g/mol. The first-order valence-electron chi connectivity index (χ1n) is 10.2. The number of benzene rings is 1. The number of carbonyl (C=O) groups is 1. The number of ketones is 1. The van der Waals surface area contributed by atoms with Gasteiger partial charge in [-0.2, -0.15) is 5.26 Å². The highest BCUT2D eigenvalue weighted by atomic mass is 32.1. The molecule has 0 fully saturated rings. The number of aliphatic hydroxyl groups excluding tert-OH is 1. The Morgan fingerprint density at radius 3 is 2.65 bits per heavy atom. The molecule has 2 aromatic heterocycles. The monoisotopic (exact) mass is 433 g/mol. The second-order valence-electron chi connectivity index (χ2n) is 7.66. The van der Waals surface area contributed by atoms with Crippen LogP contribution in [0.15, 0.2) is 29.3 Å². The lowest BCUT2D eigenvalue weighted by molar-refractivity contribution is -0.119. The van der Waals surface area contributed by atoms with Crippen molar-refractivity contribution in [3.63, 3.8) is 0 Å². The van der Waals surface area contributed by atoms with E-state index in [2.05, 4.69) is 30.1 Å². The molecule has 1 aromatic carbocycles. The van der Waals surface area contributed by atoms with Gasteiger partial charge in [0.25, 0.3) is 0 Å². The number of nitrogens with zero attached hydrogens (tertiary/aromatic N) is 5. The van der Waals surface area contributed by atoms with Crippen LogP contribution in [0.2, 0.25) is 0 Å².